The Labute approximate surface area is 101 Å². The van der Waals surface area contributed by atoms with Gasteiger partial charge in [-0.15, -0.1) is 5.11 Å². The van der Waals surface area contributed by atoms with E-state index in [0.717, 1.165) is 21.6 Å². The number of pyridine rings is 1. The maximum atomic E-state index is 11.2. The molecule has 5 heteroatoms. The van der Waals surface area contributed by atoms with Crippen LogP contribution in [0.5, 0.6) is 0 Å². The number of rotatable bonds is 0. The predicted octanol–water partition coefficient (Wildman–Crippen LogP) is 1.88. The third kappa shape index (κ3) is 1.18. The van der Waals surface area contributed by atoms with Crippen LogP contribution in [0.2, 0.25) is 0 Å². The molecule has 2 amide bonds. The van der Waals surface area contributed by atoms with Crippen molar-refractivity contribution in [1.82, 2.24) is 4.98 Å². The summed E-state index contributed by atoms with van der Waals surface area (Å²) in [6.07, 6.45) is 7.78. The molecule has 0 unspecified atom stereocenters. The van der Waals surface area contributed by atoms with E-state index >= 15 is 0 Å². The molecule has 0 bridgehead atoms. The molecule has 4 rings (SSSR count). The highest BCUT2D eigenvalue weighted by atomic mass is 16.2. The Kier molecular flexibility index (Phi) is 1.64. The summed E-state index contributed by atoms with van der Waals surface area (Å²) in [5.74, 6) is 0.396. The minimum atomic E-state index is -0.584. The Morgan fingerprint density at radius 1 is 1.11 bits per heavy atom. The summed E-state index contributed by atoms with van der Waals surface area (Å²) in [5, 5.41) is 10.6. The van der Waals surface area contributed by atoms with E-state index in [1.807, 2.05) is 30.4 Å². The van der Waals surface area contributed by atoms with E-state index in [1.54, 1.807) is 6.20 Å². The van der Waals surface area contributed by atoms with E-state index < -0.39 is 6.03 Å². The van der Waals surface area contributed by atoms with Gasteiger partial charge in [0.2, 0.25) is 5.82 Å². The first-order chi connectivity index (χ1) is 8.81. The molecule has 1 aliphatic heterocycles. The highest BCUT2D eigenvalue weighted by Gasteiger charge is 2.11. The first kappa shape index (κ1) is 9.35. The Morgan fingerprint density at radius 3 is 3.00 bits per heavy atom. The van der Waals surface area contributed by atoms with Gasteiger partial charge < -0.3 is 0 Å². The molecule has 18 heavy (non-hydrogen) atoms. The standard InChI is InChI=1S/C13H6N4O/c18-13-15-11-10-5-8-3-1-2-7(8)4-9(10)6-14-12(11)16-17-13/h1-6H. The second-order valence-corrected chi connectivity index (χ2v) is 4.12. The summed E-state index contributed by atoms with van der Waals surface area (Å²) < 4.78 is 0. The number of carbonyl (C=O) groups is 1. The zero-order chi connectivity index (χ0) is 12.1. The van der Waals surface area contributed by atoms with Crippen LogP contribution in [-0.2, 0) is 0 Å². The third-order valence-electron chi connectivity index (χ3n) is 3.04. The fourth-order valence-corrected chi connectivity index (χ4v) is 2.21. The summed E-state index contributed by atoms with van der Waals surface area (Å²) in [6.45, 7) is 0. The number of hydrogen-bond donors (Lipinski definition) is 0. The Morgan fingerprint density at radius 2 is 2.06 bits per heavy atom. The number of hydrogen-bond acceptors (Lipinski definition) is 3. The lowest BCUT2D eigenvalue weighted by atomic mass is 10.1. The molecule has 0 saturated heterocycles. The first-order valence-electron chi connectivity index (χ1n) is 5.47. The van der Waals surface area contributed by atoms with Crippen LogP contribution in [-0.4, -0.2) is 11.0 Å². The van der Waals surface area contributed by atoms with Gasteiger partial charge in [-0.1, -0.05) is 23.3 Å². The number of aromatic nitrogens is 1. The van der Waals surface area contributed by atoms with Crippen LogP contribution in [0.3, 0.4) is 0 Å². The number of carbonyl (C=O) groups excluding carboxylic acids is 1. The van der Waals surface area contributed by atoms with Crippen molar-refractivity contribution in [3.63, 3.8) is 0 Å². The van der Waals surface area contributed by atoms with Crippen molar-refractivity contribution in [2.24, 2.45) is 15.2 Å². The molecule has 84 valence electrons. The number of allylic oxidation sites excluding steroid dienone is 1. The van der Waals surface area contributed by atoms with E-state index in [2.05, 4.69) is 20.2 Å². The van der Waals surface area contributed by atoms with Crippen molar-refractivity contribution in [2.75, 3.05) is 0 Å². The van der Waals surface area contributed by atoms with Gasteiger partial charge in [-0.2, -0.15) is 4.99 Å². The van der Waals surface area contributed by atoms with Crippen molar-refractivity contribution in [1.29, 1.82) is 0 Å². The lowest BCUT2D eigenvalue weighted by molar-refractivity contribution is 0.254. The van der Waals surface area contributed by atoms with Crippen LogP contribution >= 0.6 is 0 Å². The zero-order valence-corrected chi connectivity index (χ0v) is 9.16. The van der Waals surface area contributed by atoms with Crippen LogP contribution in [0.1, 0.15) is 5.56 Å². The molecule has 0 radical (unpaired) electrons. The fourth-order valence-electron chi connectivity index (χ4n) is 2.21. The fraction of sp³-hybridized carbons (Fsp3) is 0. The van der Waals surface area contributed by atoms with Gasteiger partial charge in [0.1, 0.15) is 5.36 Å². The van der Waals surface area contributed by atoms with Gasteiger partial charge in [0.15, 0.2) is 0 Å². The Bertz CT molecular complexity index is 893. The molecular weight excluding hydrogens is 228 g/mol. The number of nitrogens with zero attached hydrogens (tertiary/aromatic N) is 4. The van der Waals surface area contributed by atoms with Gasteiger partial charge >= 0.3 is 6.03 Å². The van der Waals surface area contributed by atoms with Gasteiger partial charge in [0.25, 0.3) is 0 Å². The molecule has 2 aliphatic rings. The van der Waals surface area contributed by atoms with E-state index in [4.69, 9.17) is 0 Å². The number of benzene rings is 1. The first-order valence-corrected chi connectivity index (χ1v) is 5.47. The second-order valence-electron chi connectivity index (χ2n) is 4.12. The second kappa shape index (κ2) is 3.16. The molecule has 0 atom stereocenters. The average Bonchev–Trinajstić information content (AvgIpc) is 2.83. The monoisotopic (exact) mass is 234 g/mol. The molecule has 5 nitrogen and oxygen atoms in total. The maximum Gasteiger partial charge on any atom is 0.386 e. The van der Waals surface area contributed by atoms with Crippen LogP contribution in [0.25, 0.3) is 22.9 Å². The summed E-state index contributed by atoms with van der Waals surface area (Å²) in [5.41, 5.74) is 1.15. The molecule has 2 heterocycles. The van der Waals surface area contributed by atoms with Crippen LogP contribution in [0, 0.1) is 0 Å². The summed E-state index contributed by atoms with van der Waals surface area (Å²) in [7, 11) is 0. The van der Waals surface area contributed by atoms with Gasteiger partial charge in [-0.05, 0) is 22.9 Å². The molecule has 0 N–H and O–H groups in total. The molecular formula is C13H6N4O. The molecule has 0 spiro atoms. The van der Waals surface area contributed by atoms with Crippen molar-refractivity contribution >= 4 is 34.8 Å². The quantitative estimate of drug-likeness (QED) is 0.698. The van der Waals surface area contributed by atoms with E-state index in [0.29, 0.717) is 11.2 Å². The van der Waals surface area contributed by atoms with Crippen LogP contribution in [0.4, 0.5) is 10.6 Å². The van der Waals surface area contributed by atoms with Crippen molar-refractivity contribution in [3.05, 3.63) is 40.5 Å². The molecule has 1 aromatic heterocycles. The Hall–Kier alpha value is -2.69. The number of azo groups is 1. The summed E-state index contributed by atoms with van der Waals surface area (Å²) >= 11 is 0. The van der Waals surface area contributed by atoms with Gasteiger partial charge in [0, 0.05) is 17.0 Å². The molecule has 2 aromatic rings. The average molecular weight is 234 g/mol. The van der Waals surface area contributed by atoms with Gasteiger partial charge in [-0.25, -0.2) is 9.78 Å². The molecule has 1 aromatic carbocycles. The zero-order valence-electron chi connectivity index (χ0n) is 9.16. The summed E-state index contributed by atoms with van der Waals surface area (Å²) in [6, 6.07) is 3.45. The number of amides is 2. The predicted molar refractivity (Wildman–Crippen MR) is 65.9 cm³/mol. The Balaban J connectivity index is 2.23. The lowest BCUT2D eigenvalue weighted by Gasteiger charge is -2.03. The normalized spacial score (nSPS) is 15.2. The van der Waals surface area contributed by atoms with Crippen molar-refractivity contribution in [3.8, 4) is 0 Å². The highest BCUT2D eigenvalue weighted by molar-refractivity contribution is 5.89. The molecule has 0 fully saturated rings. The van der Waals surface area contributed by atoms with E-state index in [1.165, 1.54) is 0 Å². The minimum absolute atomic E-state index is 0.396. The van der Waals surface area contributed by atoms with Crippen molar-refractivity contribution < 1.29 is 4.79 Å². The maximum absolute atomic E-state index is 11.2. The number of fused-ring (bicyclic) bond motifs is 4. The largest absolute Gasteiger partial charge is 0.386 e. The van der Waals surface area contributed by atoms with Gasteiger partial charge in [0.05, 0.1) is 0 Å². The van der Waals surface area contributed by atoms with E-state index in [9.17, 15) is 4.79 Å². The van der Waals surface area contributed by atoms with Crippen LogP contribution in [0.15, 0.2) is 39.6 Å². The van der Waals surface area contributed by atoms with Crippen molar-refractivity contribution in [2.45, 2.75) is 0 Å². The topological polar surface area (TPSA) is 67.0 Å². The summed E-state index contributed by atoms with van der Waals surface area (Å²) in [4.78, 5) is 19.3. The SMILES string of the molecule is O=C1N=Nc2ncc3cc4c(cc3c2=N1)=CC=C4. The third-order valence-corrected chi connectivity index (χ3v) is 3.04. The lowest BCUT2D eigenvalue weighted by Crippen LogP contribution is -2.14. The van der Waals surface area contributed by atoms with E-state index in [-0.39, 0.29) is 0 Å². The van der Waals surface area contributed by atoms with Crippen LogP contribution < -0.4 is 10.6 Å². The van der Waals surface area contributed by atoms with Gasteiger partial charge in [-0.3, -0.25) is 0 Å². The molecule has 1 aliphatic carbocycles. The highest BCUT2D eigenvalue weighted by Crippen LogP contribution is 2.16. The minimum Gasteiger partial charge on any atom is -0.242 e. The molecule has 0 saturated carbocycles. The smallest absolute Gasteiger partial charge is 0.242 e. The number of urea groups is 1.